The van der Waals surface area contributed by atoms with Crippen LogP contribution in [0.4, 0.5) is 24.5 Å². The molecule has 168 valence electrons. The van der Waals surface area contributed by atoms with Crippen LogP contribution in [-0.4, -0.2) is 28.8 Å². The number of hydrogen-bond acceptors (Lipinski definition) is 6. The number of halogens is 4. The molecule has 1 aliphatic heterocycles. The summed E-state index contributed by atoms with van der Waals surface area (Å²) in [5.41, 5.74) is -3.28. The highest BCUT2D eigenvalue weighted by Crippen LogP contribution is 2.42. The third kappa shape index (κ3) is 4.23. The van der Waals surface area contributed by atoms with Crippen molar-refractivity contribution >= 4 is 47.5 Å². The highest BCUT2D eigenvalue weighted by molar-refractivity contribution is 7.81. The monoisotopic (exact) mass is 483 g/mol. The minimum Gasteiger partial charge on any atom is -0.426 e. The summed E-state index contributed by atoms with van der Waals surface area (Å²) in [6, 6.07) is 10.8. The number of nitriles is 1. The van der Waals surface area contributed by atoms with Crippen LogP contribution in [0.25, 0.3) is 0 Å². The van der Waals surface area contributed by atoms with Gasteiger partial charge in [-0.05, 0) is 56.3 Å². The van der Waals surface area contributed by atoms with E-state index in [-0.39, 0.29) is 17.3 Å². The molecule has 0 radical (unpaired) electrons. The number of ether oxygens (including phenoxy) is 1. The maximum absolute atomic E-state index is 13.4. The molecule has 1 fully saturated rings. The standard InChI is InChI=1S/C21H17ClF3N3O3S/c1-20(2)18(30)27(14-4-3-12(11-26)16(9-14)21(23,24)25)19(32)28(20)13-5-7-15(8-6-13)31-17(29)10-22/h3-9,19,32H,10H2,1-2H3. The molecule has 0 N–H and O–H groups in total. The summed E-state index contributed by atoms with van der Waals surface area (Å²) in [6.45, 7) is 3.24. The van der Waals surface area contributed by atoms with Gasteiger partial charge in [0, 0.05) is 11.4 Å². The lowest BCUT2D eigenvalue weighted by molar-refractivity contribution is -0.138. The van der Waals surface area contributed by atoms with E-state index < -0.39 is 40.2 Å². The minimum atomic E-state index is -4.76. The molecule has 1 heterocycles. The van der Waals surface area contributed by atoms with Crippen LogP contribution in [0, 0.1) is 11.3 Å². The van der Waals surface area contributed by atoms with Crippen molar-refractivity contribution in [2.45, 2.75) is 31.1 Å². The Balaban J connectivity index is 2.00. The topological polar surface area (TPSA) is 73.6 Å². The van der Waals surface area contributed by atoms with E-state index in [1.54, 1.807) is 30.9 Å². The Labute approximate surface area is 192 Å². The fourth-order valence-corrected chi connectivity index (χ4v) is 4.18. The van der Waals surface area contributed by atoms with Crippen molar-refractivity contribution < 1.29 is 27.5 Å². The molecule has 0 saturated carbocycles. The first-order chi connectivity index (χ1) is 14.9. The SMILES string of the molecule is CC1(C)C(=O)N(c2ccc(C#N)c(C(F)(F)F)c2)C(S)N1c1ccc(OC(=O)CCl)cc1. The first kappa shape index (κ1) is 23.8. The highest BCUT2D eigenvalue weighted by atomic mass is 35.5. The third-order valence-electron chi connectivity index (χ3n) is 4.97. The van der Waals surface area contributed by atoms with E-state index in [9.17, 15) is 22.8 Å². The maximum Gasteiger partial charge on any atom is 0.417 e. The maximum atomic E-state index is 13.4. The van der Waals surface area contributed by atoms with Crippen molar-refractivity contribution in [3.63, 3.8) is 0 Å². The van der Waals surface area contributed by atoms with Crippen molar-refractivity contribution in [3.05, 3.63) is 53.6 Å². The summed E-state index contributed by atoms with van der Waals surface area (Å²) in [5, 5.41) is 9.02. The molecule has 11 heteroatoms. The highest BCUT2D eigenvalue weighted by Gasteiger charge is 2.51. The van der Waals surface area contributed by atoms with Crippen LogP contribution in [0.3, 0.4) is 0 Å². The van der Waals surface area contributed by atoms with E-state index in [0.29, 0.717) is 5.69 Å². The first-order valence-corrected chi connectivity index (χ1v) is 10.3. The summed E-state index contributed by atoms with van der Waals surface area (Å²) >= 11 is 9.93. The van der Waals surface area contributed by atoms with Crippen LogP contribution in [0.15, 0.2) is 42.5 Å². The van der Waals surface area contributed by atoms with Gasteiger partial charge in [0.2, 0.25) is 0 Å². The summed E-state index contributed by atoms with van der Waals surface area (Å²) < 4.78 is 45.3. The van der Waals surface area contributed by atoms with E-state index in [2.05, 4.69) is 12.6 Å². The van der Waals surface area contributed by atoms with Crippen LogP contribution < -0.4 is 14.5 Å². The molecule has 1 aliphatic rings. The molecule has 6 nitrogen and oxygen atoms in total. The Bertz CT molecular complexity index is 1100. The number of carbonyl (C=O) groups excluding carboxylic acids is 2. The average molecular weight is 484 g/mol. The van der Waals surface area contributed by atoms with E-state index in [0.717, 1.165) is 17.0 Å². The predicted octanol–water partition coefficient (Wildman–Crippen LogP) is 4.57. The van der Waals surface area contributed by atoms with Crippen LogP contribution in [0.2, 0.25) is 0 Å². The van der Waals surface area contributed by atoms with Gasteiger partial charge in [-0.2, -0.15) is 18.4 Å². The number of nitrogens with zero attached hydrogens (tertiary/aromatic N) is 3. The Morgan fingerprint density at radius 2 is 1.81 bits per heavy atom. The number of anilines is 2. The quantitative estimate of drug-likeness (QED) is 0.298. The number of benzene rings is 2. The number of hydrogen-bond donors (Lipinski definition) is 1. The van der Waals surface area contributed by atoms with E-state index in [1.165, 1.54) is 24.3 Å². The van der Waals surface area contributed by atoms with Gasteiger partial charge in [0.1, 0.15) is 17.2 Å². The van der Waals surface area contributed by atoms with Gasteiger partial charge < -0.3 is 9.64 Å². The van der Waals surface area contributed by atoms with Gasteiger partial charge in [-0.15, -0.1) is 24.2 Å². The normalized spacial score (nSPS) is 17.9. The summed E-state index contributed by atoms with van der Waals surface area (Å²) in [7, 11) is 0. The third-order valence-corrected chi connectivity index (χ3v) is 5.65. The lowest BCUT2D eigenvalue weighted by Crippen LogP contribution is -2.44. The predicted molar refractivity (Wildman–Crippen MR) is 116 cm³/mol. The molecule has 1 amide bonds. The van der Waals surface area contributed by atoms with E-state index in [1.807, 2.05) is 0 Å². The van der Waals surface area contributed by atoms with Gasteiger partial charge in [-0.25, -0.2) is 0 Å². The van der Waals surface area contributed by atoms with Crippen molar-refractivity contribution in [3.8, 4) is 11.8 Å². The zero-order chi connectivity index (χ0) is 23.8. The molecule has 1 saturated heterocycles. The summed E-state index contributed by atoms with van der Waals surface area (Å²) in [6.07, 6.45) is -4.76. The van der Waals surface area contributed by atoms with Crippen LogP contribution in [-0.2, 0) is 15.8 Å². The Kier molecular flexibility index (Phi) is 6.36. The van der Waals surface area contributed by atoms with Crippen LogP contribution in [0.1, 0.15) is 25.0 Å². The molecular weight excluding hydrogens is 467 g/mol. The number of rotatable bonds is 4. The number of alkyl halides is 4. The van der Waals surface area contributed by atoms with Gasteiger partial charge in [-0.3, -0.25) is 14.5 Å². The molecule has 3 rings (SSSR count). The van der Waals surface area contributed by atoms with Gasteiger partial charge in [0.25, 0.3) is 5.91 Å². The number of carbonyl (C=O) groups is 2. The minimum absolute atomic E-state index is 0.0374. The molecule has 2 aromatic rings. The number of amides is 1. The Morgan fingerprint density at radius 1 is 1.22 bits per heavy atom. The lowest BCUT2D eigenvalue weighted by atomic mass is 10.0. The van der Waals surface area contributed by atoms with Gasteiger partial charge >= 0.3 is 12.1 Å². The lowest BCUT2D eigenvalue weighted by Gasteiger charge is -2.33. The van der Waals surface area contributed by atoms with E-state index in [4.69, 9.17) is 21.6 Å². The molecule has 0 bridgehead atoms. The van der Waals surface area contributed by atoms with Crippen LogP contribution in [0.5, 0.6) is 5.75 Å². The van der Waals surface area contributed by atoms with Crippen molar-refractivity contribution in [1.29, 1.82) is 5.26 Å². The summed E-state index contributed by atoms with van der Waals surface area (Å²) in [4.78, 5) is 27.3. The molecule has 0 spiro atoms. The number of esters is 1. The molecule has 2 aromatic carbocycles. The second-order valence-corrected chi connectivity index (χ2v) is 8.12. The fraction of sp³-hybridized carbons (Fsp3) is 0.286. The van der Waals surface area contributed by atoms with Crippen molar-refractivity contribution in [1.82, 2.24) is 0 Å². The fourth-order valence-electron chi connectivity index (χ4n) is 3.46. The zero-order valence-electron chi connectivity index (χ0n) is 16.9. The molecular formula is C21H17ClF3N3O3S. The average Bonchev–Trinajstić information content (AvgIpc) is 2.91. The summed E-state index contributed by atoms with van der Waals surface area (Å²) in [5.74, 6) is -1.17. The largest absolute Gasteiger partial charge is 0.426 e. The van der Waals surface area contributed by atoms with Crippen molar-refractivity contribution in [2.24, 2.45) is 0 Å². The second kappa shape index (κ2) is 8.56. The van der Waals surface area contributed by atoms with Gasteiger partial charge in [0.15, 0.2) is 5.50 Å². The molecule has 32 heavy (non-hydrogen) atoms. The smallest absolute Gasteiger partial charge is 0.417 e. The van der Waals surface area contributed by atoms with E-state index >= 15 is 0 Å². The molecule has 1 unspecified atom stereocenters. The van der Waals surface area contributed by atoms with Crippen molar-refractivity contribution in [2.75, 3.05) is 15.7 Å². The first-order valence-electron chi connectivity index (χ1n) is 9.21. The molecule has 0 aliphatic carbocycles. The number of thiol groups is 1. The molecule has 0 aromatic heterocycles. The van der Waals surface area contributed by atoms with Crippen LogP contribution >= 0.6 is 24.2 Å². The zero-order valence-corrected chi connectivity index (χ0v) is 18.5. The second-order valence-electron chi connectivity index (χ2n) is 7.39. The molecule has 1 atom stereocenters. The Hall–Kier alpha value is -2.90. The Morgan fingerprint density at radius 3 is 2.34 bits per heavy atom. The van der Waals surface area contributed by atoms with Gasteiger partial charge in [0.05, 0.1) is 17.2 Å². The van der Waals surface area contributed by atoms with Gasteiger partial charge in [-0.1, -0.05) is 0 Å².